The Bertz CT molecular complexity index is 1070. The van der Waals surface area contributed by atoms with Gasteiger partial charge in [0.05, 0.1) is 36.6 Å². The number of nitrogens with one attached hydrogen (secondary N) is 1. The normalized spacial score (nSPS) is 15.9. The van der Waals surface area contributed by atoms with Crippen molar-refractivity contribution in [2.45, 2.75) is 18.6 Å². The maximum Gasteiger partial charge on any atom is 0.227 e. The molecule has 0 radical (unpaired) electrons. The first-order chi connectivity index (χ1) is 14.1. The summed E-state index contributed by atoms with van der Waals surface area (Å²) >= 11 is 29.8. The van der Waals surface area contributed by atoms with Crippen molar-refractivity contribution in [3.8, 4) is 0 Å². The van der Waals surface area contributed by atoms with Gasteiger partial charge in [-0.3, -0.25) is 4.79 Å². The van der Waals surface area contributed by atoms with Gasteiger partial charge in [-0.15, -0.1) is 0 Å². The summed E-state index contributed by atoms with van der Waals surface area (Å²) in [4.78, 5) is 12.6. The van der Waals surface area contributed by atoms with Gasteiger partial charge in [0, 0.05) is 19.0 Å². The molecule has 11 heteroatoms. The van der Waals surface area contributed by atoms with Crippen LogP contribution in [-0.4, -0.2) is 31.7 Å². The van der Waals surface area contributed by atoms with E-state index in [1.165, 1.54) is 16.4 Å². The second-order valence-electron chi connectivity index (χ2n) is 6.91. The Morgan fingerprint density at radius 3 is 2.13 bits per heavy atom. The van der Waals surface area contributed by atoms with Crippen molar-refractivity contribution >= 4 is 79.6 Å². The minimum atomic E-state index is -3.54. The fraction of sp³-hybridized carbons (Fsp3) is 0.316. The summed E-state index contributed by atoms with van der Waals surface area (Å²) in [6.45, 7) is 0.494. The molecule has 0 atom stereocenters. The van der Waals surface area contributed by atoms with Crippen molar-refractivity contribution in [2.75, 3.05) is 18.4 Å². The van der Waals surface area contributed by atoms with Gasteiger partial charge in [-0.25, -0.2) is 12.7 Å². The fourth-order valence-electron chi connectivity index (χ4n) is 3.18. The number of hydrogen-bond acceptors (Lipinski definition) is 3. The highest BCUT2D eigenvalue weighted by atomic mass is 35.5. The van der Waals surface area contributed by atoms with Crippen LogP contribution >= 0.6 is 58.0 Å². The maximum atomic E-state index is 12.7. The van der Waals surface area contributed by atoms with Crippen LogP contribution in [0, 0.1) is 5.92 Å². The van der Waals surface area contributed by atoms with E-state index in [4.69, 9.17) is 58.0 Å². The molecular weight excluding hydrogens is 514 g/mol. The first-order valence-electron chi connectivity index (χ1n) is 8.94. The molecule has 1 aliphatic heterocycles. The summed E-state index contributed by atoms with van der Waals surface area (Å²) in [5.41, 5.74) is 0.921. The number of halogens is 5. The highest BCUT2D eigenvalue weighted by molar-refractivity contribution is 7.88. The number of hydrogen-bond donors (Lipinski definition) is 1. The number of anilines is 1. The molecule has 1 N–H and O–H groups in total. The summed E-state index contributed by atoms with van der Waals surface area (Å²) in [5.74, 6) is -0.761. The molecule has 162 valence electrons. The van der Waals surface area contributed by atoms with E-state index in [1.54, 1.807) is 18.2 Å². The zero-order chi connectivity index (χ0) is 22.1. The number of nitrogens with zero attached hydrogens (tertiary/aromatic N) is 1. The minimum absolute atomic E-state index is 0.181. The molecule has 0 aliphatic carbocycles. The third-order valence-electron chi connectivity index (χ3n) is 4.82. The van der Waals surface area contributed by atoms with E-state index in [0.717, 1.165) is 0 Å². The first kappa shape index (κ1) is 23.9. The Morgan fingerprint density at radius 1 is 0.900 bits per heavy atom. The number of rotatable bonds is 5. The first-order valence-corrected chi connectivity index (χ1v) is 12.4. The summed E-state index contributed by atoms with van der Waals surface area (Å²) < 4.78 is 26.9. The topological polar surface area (TPSA) is 66.5 Å². The average Bonchev–Trinajstić information content (AvgIpc) is 2.69. The van der Waals surface area contributed by atoms with Gasteiger partial charge in [-0.05, 0) is 42.7 Å². The summed E-state index contributed by atoms with van der Waals surface area (Å²) in [7, 11) is -3.54. The predicted molar refractivity (Wildman–Crippen MR) is 123 cm³/mol. The molecule has 1 fully saturated rings. The zero-order valence-electron chi connectivity index (χ0n) is 15.5. The van der Waals surface area contributed by atoms with Gasteiger partial charge in [-0.2, -0.15) is 0 Å². The van der Waals surface area contributed by atoms with Crippen LogP contribution in [0.15, 0.2) is 30.3 Å². The van der Waals surface area contributed by atoms with E-state index in [1.807, 2.05) is 0 Å². The lowest BCUT2D eigenvalue weighted by Gasteiger charge is -2.30. The number of amides is 1. The van der Waals surface area contributed by atoms with Crippen LogP contribution < -0.4 is 5.32 Å². The molecule has 0 spiro atoms. The molecule has 1 aliphatic rings. The minimum Gasteiger partial charge on any atom is -0.324 e. The van der Waals surface area contributed by atoms with Gasteiger partial charge < -0.3 is 5.32 Å². The SMILES string of the molecule is O=C(Nc1cc(Cl)c(Cl)cc1Cl)C1CCN(S(=O)(=O)Cc2ccc(Cl)c(Cl)c2)CC1. The molecule has 5 nitrogen and oxygen atoms in total. The second-order valence-corrected chi connectivity index (χ2v) is 10.9. The Hall–Kier alpha value is -0.730. The van der Waals surface area contributed by atoms with Crippen molar-refractivity contribution in [3.05, 3.63) is 61.0 Å². The number of benzene rings is 2. The fourth-order valence-corrected chi connectivity index (χ4v) is 5.65. The van der Waals surface area contributed by atoms with Gasteiger partial charge in [0.25, 0.3) is 0 Å². The van der Waals surface area contributed by atoms with E-state index in [-0.39, 0.29) is 40.7 Å². The quantitative estimate of drug-likeness (QED) is 0.473. The van der Waals surface area contributed by atoms with Crippen LogP contribution in [0.5, 0.6) is 0 Å². The number of sulfonamides is 1. The number of piperidine rings is 1. The van der Waals surface area contributed by atoms with Gasteiger partial charge in [0.2, 0.25) is 15.9 Å². The molecule has 0 saturated carbocycles. The molecule has 1 saturated heterocycles. The highest BCUT2D eigenvalue weighted by Crippen LogP contribution is 2.33. The van der Waals surface area contributed by atoms with Crippen LogP contribution in [0.2, 0.25) is 25.1 Å². The lowest BCUT2D eigenvalue weighted by Crippen LogP contribution is -2.41. The van der Waals surface area contributed by atoms with Crippen molar-refractivity contribution in [3.63, 3.8) is 0 Å². The molecule has 2 aromatic carbocycles. The molecule has 1 amide bonds. The van der Waals surface area contributed by atoms with Gasteiger partial charge >= 0.3 is 0 Å². The van der Waals surface area contributed by atoms with Gasteiger partial charge in [-0.1, -0.05) is 64.1 Å². The third kappa shape index (κ3) is 5.74. The molecule has 2 aromatic rings. The lowest BCUT2D eigenvalue weighted by molar-refractivity contribution is -0.120. The molecule has 0 aromatic heterocycles. The maximum absolute atomic E-state index is 12.7. The van der Waals surface area contributed by atoms with Crippen LogP contribution in [0.4, 0.5) is 5.69 Å². The van der Waals surface area contributed by atoms with Crippen LogP contribution in [0.1, 0.15) is 18.4 Å². The second kappa shape index (κ2) is 9.82. The van der Waals surface area contributed by atoms with E-state index >= 15 is 0 Å². The zero-order valence-corrected chi connectivity index (χ0v) is 20.1. The van der Waals surface area contributed by atoms with Gasteiger partial charge in [0.15, 0.2) is 0 Å². The lowest BCUT2D eigenvalue weighted by atomic mass is 9.97. The van der Waals surface area contributed by atoms with Crippen LogP contribution in [0.25, 0.3) is 0 Å². The van der Waals surface area contributed by atoms with Crippen LogP contribution in [0.3, 0.4) is 0 Å². The summed E-state index contributed by atoms with van der Waals surface area (Å²) in [6.07, 6.45) is 0.788. The Morgan fingerprint density at radius 2 is 1.50 bits per heavy atom. The Balaban J connectivity index is 1.60. The highest BCUT2D eigenvalue weighted by Gasteiger charge is 2.31. The standard InChI is InChI=1S/C19H17Cl5N2O3S/c20-13-2-1-11(7-14(13)21)10-30(28,29)26-5-3-12(4-6-26)19(27)25-18-9-16(23)15(22)8-17(18)24/h1-2,7-9,12H,3-6,10H2,(H,25,27). The predicted octanol–water partition coefficient (Wildman–Crippen LogP) is 6.13. The molecule has 30 heavy (non-hydrogen) atoms. The number of carbonyl (C=O) groups excluding carboxylic acids is 1. The molecule has 0 bridgehead atoms. The van der Waals surface area contributed by atoms with Crippen LogP contribution in [-0.2, 0) is 20.6 Å². The molecule has 0 unspecified atom stereocenters. The number of carbonyl (C=O) groups is 1. The average molecular weight is 531 g/mol. The van der Waals surface area contributed by atoms with E-state index in [0.29, 0.717) is 39.2 Å². The molecular formula is C19H17Cl5N2O3S. The monoisotopic (exact) mass is 528 g/mol. The van der Waals surface area contributed by atoms with Crippen molar-refractivity contribution < 1.29 is 13.2 Å². The summed E-state index contributed by atoms with van der Waals surface area (Å²) in [5, 5.41) is 4.26. The van der Waals surface area contributed by atoms with Gasteiger partial charge in [0.1, 0.15) is 0 Å². The molecule has 1 heterocycles. The Kier molecular flexibility index (Phi) is 7.83. The van der Waals surface area contributed by atoms with E-state index < -0.39 is 10.0 Å². The van der Waals surface area contributed by atoms with E-state index in [2.05, 4.69) is 5.32 Å². The third-order valence-corrected chi connectivity index (χ3v) is 8.44. The Labute approximate surface area is 200 Å². The summed E-state index contributed by atoms with van der Waals surface area (Å²) in [6, 6.07) is 7.69. The van der Waals surface area contributed by atoms with E-state index in [9.17, 15) is 13.2 Å². The van der Waals surface area contributed by atoms with Crippen molar-refractivity contribution in [1.29, 1.82) is 0 Å². The largest absolute Gasteiger partial charge is 0.324 e. The smallest absolute Gasteiger partial charge is 0.227 e. The van der Waals surface area contributed by atoms with Crippen molar-refractivity contribution in [1.82, 2.24) is 4.31 Å². The van der Waals surface area contributed by atoms with Crippen molar-refractivity contribution in [2.24, 2.45) is 5.92 Å². The molecule has 3 rings (SSSR count).